The summed E-state index contributed by atoms with van der Waals surface area (Å²) in [6.45, 7) is 2.62. The number of rotatable bonds is 5. The van der Waals surface area contributed by atoms with Gasteiger partial charge in [-0.3, -0.25) is 0 Å². The Balaban J connectivity index is 2.01. The molecule has 0 aromatic heterocycles. The maximum absolute atomic E-state index is 11.2. The highest BCUT2D eigenvalue weighted by atomic mass is 16.7. The molecule has 0 heterocycles. The Morgan fingerprint density at radius 2 is 1.93 bits per heavy atom. The summed E-state index contributed by atoms with van der Waals surface area (Å²) in [5.41, 5.74) is 0. The lowest BCUT2D eigenvalue weighted by Gasteiger charge is -2.21. The van der Waals surface area contributed by atoms with Crippen LogP contribution in [-0.2, 0) is 9.47 Å². The van der Waals surface area contributed by atoms with Gasteiger partial charge in [0.15, 0.2) is 0 Å². The predicted octanol–water partition coefficient (Wildman–Crippen LogP) is 3.66. The first-order valence-corrected chi connectivity index (χ1v) is 6.16. The number of hydrogen-bond donors (Lipinski definition) is 0. The average Bonchev–Trinajstić information content (AvgIpc) is 2.26. The van der Waals surface area contributed by atoms with Crippen LogP contribution < -0.4 is 0 Å². The van der Waals surface area contributed by atoms with Crippen LogP contribution in [0.3, 0.4) is 0 Å². The van der Waals surface area contributed by atoms with Crippen molar-refractivity contribution >= 4 is 6.16 Å². The van der Waals surface area contributed by atoms with Crippen LogP contribution in [0.2, 0.25) is 0 Å². The van der Waals surface area contributed by atoms with Crippen LogP contribution in [0.4, 0.5) is 4.79 Å². The number of hydrogen-bond acceptors (Lipinski definition) is 3. The van der Waals surface area contributed by atoms with E-state index in [1.165, 1.54) is 19.3 Å². The van der Waals surface area contributed by atoms with Crippen molar-refractivity contribution in [2.75, 3.05) is 6.61 Å². The molecule has 1 rings (SSSR count). The number of carbonyl (C=O) groups excluding carboxylic acids is 1. The van der Waals surface area contributed by atoms with Crippen LogP contribution in [0.5, 0.6) is 0 Å². The van der Waals surface area contributed by atoms with Gasteiger partial charge in [0.25, 0.3) is 0 Å². The molecule has 0 amide bonds. The average molecular weight is 214 g/mol. The first-order chi connectivity index (χ1) is 7.33. The summed E-state index contributed by atoms with van der Waals surface area (Å²) in [5, 5.41) is 0. The molecule has 0 spiro atoms. The van der Waals surface area contributed by atoms with Crippen molar-refractivity contribution in [1.29, 1.82) is 0 Å². The first kappa shape index (κ1) is 12.3. The van der Waals surface area contributed by atoms with Crippen molar-refractivity contribution in [2.24, 2.45) is 0 Å². The molecule has 1 saturated carbocycles. The number of carbonyl (C=O) groups is 1. The van der Waals surface area contributed by atoms with E-state index in [0.717, 1.165) is 32.1 Å². The Kier molecular flexibility index (Phi) is 6.21. The van der Waals surface area contributed by atoms with E-state index in [1.54, 1.807) is 0 Å². The second kappa shape index (κ2) is 7.55. The molecule has 15 heavy (non-hydrogen) atoms. The molecule has 3 heteroatoms. The SMILES string of the molecule is CCCCCOC(=O)OC1CCCCC1. The molecule has 0 aliphatic heterocycles. The minimum atomic E-state index is -0.474. The zero-order valence-corrected chi connectivity index (χ0v) is 9.67. The van der Waals surface area contributed by atoms with Gasteiger partial charge in [-0.25, -0.2) is 4.79 Å². The second-order valence-corrected chi connectivity index (χ2v) is 4.18. The van der Waals surface area contributed by atoms with E-state index in [2.05, 4.69) is 6.92 Å². The lowest BCUT2D eigenvalue weighted by Crippen LogP contribution is -2.21. The van der Waals surface area contributed by atoms with Crippen molar-refractivity contribution in [3.8, 4) is 0 Å². The Morgan fingerprint density at radius 3 is 2.60 bits per heavy atom. The van der Waals surface area contributed by atoms with Gasteiger partial charge in [0.1, 0.15) is 6.10 Å². The molecule has 0 aromatic rings. The quantitative estimate of drug-likeness (QED) is 0.517. The molecular weight excluding hydrogens is 192 g/mol. The highest BCUT2D eigenvalue weighted by Crippen LogP contribution is 2.20. The molecule has 0 unspecified atom stereocenters. The third kappa shape index (κ3) is 5.65. The van der Waals surface area contributed by atoms with Crippen molar-refractivity contribution in [3.63, 3.8) is 0 Å². The number of unbranched alkanes of at least 4 members (excludes halogenated alkanes) is 2. The molecular formula is C12H22O3. The van der Waals surface area contributed by atoms with Crippen molar-refractivity contribution in [1.82, 2.24) is 0 Å². The van der Waals surface area contributed by atoms with E-state index in [-0.39, 0.29) is 6.10 Å². The fourth-order valence-corrected chi connectivity index (χ4v) is 1.86. The van der Waals surface area contributed by atoms with Crippen LogP contribution in [0.15, 0.2) is 0 Å². The van der Waals surface area contributed by atoms with Gasteiger partial charge in [-0.1, -0.05) is 26.2 Å². The maximum atomic E-state index is 11.2. The van der Waals surface area contributed by atoms with Gasteiger partial charge in [0, 0.05) is 0 Å². The molecule has 0 atom stereocenters. The minimum Gasteiger partial charge on any atom is -0.434 e. The van der Waals surface area contributed by atoms with Crippen LogP contribution in [0.1, 0.15) is 58.3 Å². The van der Waals surface area contributed by atoms with Crippen LogP contribution in [0, 0.1) is 0 Å². The summed E-state index contributed by atoms with van der Waals surface area (Å²) in [5.74, 6) is 0. The van der Waals surface area contributed by atoms with Crippen LogP contribution >= 0.6 is 0 Å². The Hall–Kier alpha value is -0.730. The molecule has 0 N–H and O–H groups in total. The van der Waals surface area contributed by atoms with E-state index < -0.39 is 6.16 Å². The third-order valence-electron chi connectivity index (χ3n) is 2.78. The predicted molar refractivity (Wildman–Crippen MR) is 58.8 cm³/mol. The van der Waals surface area contributed by atoms with Crippen molar-refractivity contribution < 1.29 is 14.3 Å². The van der Waals surface area contributed by atoms with Gasteiger partial charge in [-0.05, 0) is 32.1 Å². The molecule has 1 aliphatic rings. The lowest BCUT2D eigenvalue weighted by atomic mass is 9.98. The molecule has 0 bridgehead atoms. The first-order valence-electron chi connectivity index (χ1n) is 6.16. The molecule has 0 aromatic carbocycles. The fourth-order valence-electron chi connectivity index (χ4n) is 1.86. The summed E-state index contributed by atoms with van der Waals surface area (Å²) in [4.78, 5) is 11.2. The second-order valence-electron chi connectivity index (χ2n) is 4.18. The van der Waals surface area contributed by atoms with Gasteiger partial charge < -0.3 is 9.47 Å². The summed E-state index contributed by atoms with van der Waals surface area (Å²) < 4.78 is 10.2. The van der Waals surface area contributed by atoms with Crippen molar-refractivity contribution in [2.45, 2.75) is 64.4 Å². The fraction of sp³-hybridized carbons (Fsp3) is 0.917. The zero-order chi connectivity index (χ0) is 10.9. The standard InChI is InChI=1S/C12H22O3/c1-2-3-7-10-14-12(13)15-11-8-5-4-6-9-11/h11H,2-10H2,1H3. The topological polar surface area (TPSA) is 35.5 Å². The number of ether oxygens (including phenoxy) is 2. The summed E-state index contributed by atoms with van der Waals surface area (Å²) >= 11 is 0. The molecule has 0 saturated heterocycles. The Bertz CT molecular complexity index is 174. The van der Waals surface area contributed by atoms with Crippen molar-refractivity contribution in [3.05, 3.63) is 0 Å². The normalized spacial score (nSPS) is 17.4. The van der Waals surface area contributed by atoms with Gasteiger partial charge in [0.05, 0.1) is 6.61 Å². The Morgan fingerprint density at radius 1 is 1.20 bits per heavy atom. The summed E-state index contributed by atoms with van der Waals surface area (Å²) in [6, 6.07) is 0. The monoisotopic (exact) mass is 214 g/mol. The summed E-state index contributed by atoms with van der Waals surface area (Å²) in [6.07, 6.45) is 8.45. The van der Waals surface area contributed by atoms with Crippen LogP contribution in [-0.4, -0.2) is 18.9 Å². The van der Waals surface area contributed by atoms with E-state index in [0.29, 0.717) is 6.61 Å². The van der Waals surface area contributed by atoms with E-state index in [9.17, 15) is 4.79 Å². The van der Waals surface area contributed by atoms with Gasteiger partial charge >= 0.3 is 6.16 Å². The van der Waals surface area contributed by atoms with Gasteiger partial charge in [0.2, 0.25) is 0 Å². The minimum absolute atomic E-state index is 0.109. The lowest BCUT2D eigenvalue weighted by molar-refractivity contribution is 0.0106. The van der Waals surface area contributed by atoms with E-state index in [4.69, 9.17) is 9.47 Å². The highest BCUT2D eigenvalue weighted by molar-refractivity contribution is 5.60. The maximum Gasteiger partial charge on any atom is 0.508 e. The zero-order valence-electron chi connectivity index (χ0n) is 9.67. The molecule has 88 valence electrons. The third-order valence-corrected chi connectivity index (χ3v) is 2.78. The molecule has 0 radical (unpaired) electrons. The largest absolute Gasteiger partial charge is 0.508 e. The van der Waals surface area contributed by atoms with E-state index in [1.807, 2.05) is 0 Å². The smallest absolute Gasteiger partial charge is 0.434 e. The molecule has 1 fully saturated rings. The van der Waals surface area contributed by atoms with Gasteiger partial charge in [-0.15, -0.1) is 0 Å². The highest BCUT2D eigenvalue weighted by Gasteiger charge is 2.18. The van der Waals surface area contributed by atoms with Gasteiger partial charge in [-0.2, -0.15) is 0 Å². The van der Waals surface area contributed by atoms with E-state index >= 15 is 0 Å². The molecule has 1 aliphatic carbocycles. The summed E-state index contributed by atoms with van der Waals surface area (Å²) in [7, 11) is 0. The molecule has 3 nitrogen and oxygen atoms in total. The van der Waals surface area contributed by atoms with Crippen LogP contribution in [0.25, 0.3) is 0 Å². The Labute approximate surface area is 92.1 Å².